The Kier molecular flexibility index (Phi) is 3.13. The summed E-state index contributed by atoms with van der Waals surface area (Å²) in [4.78, 5) is 11.5. The van der Waals surface area contributed by atoms with Crippen LogP contribution in [0.5, 0.6) is 0 Å². The molecule has 0 fully saturated rings. The Balaban J connectivity index is 2.71. The maximum absolute atomic E-state index is 11.5. The largest absolute Gasteiger partial charge is 0.399 e. The van der Waals surface area contributed by atoms with Crippen molar-refractivity contribution in [3.05, 3.63) is 39.6 Å². The Morgan fingerprint density at radius 3 is 2.56 bits per heavy atom. The van der Waals surface area contributed by atoms with E-state index >= 15 is 0 Å². The molecule has 0 aliphatic rings. The number of hydrogen-bond donors (Lipinski definition) is 2. The number of hydrogen-bond acceptors (Lipinski definition) is 3. The third-order valence-electron chi connectivity index (χ3n) is 2.72. The van der Waals surface area contributed by atoms with Crippen molar-refractivity contribution in [2.75, 3.05) is 5.73 Å². The van der Waals surface area contributed by atoms with Crippen molar-refractivity contribution in [2.45, 2.75) is 13.8 Å². The molecule has 0 atom stereocenters. The van der Waals surface area contributed by atoms with Crippen LogP contribution in [0.25, 0.3) is 5.69 Å². The number of halogens is 1. The van der Waals surface area contributed by atoms with E-state index in [-0.39, 0.29) is 0 Å². The highest BCUT2D eigenvalue weighted by molar-refractivity contribution is 9.10. The number of aryl methyl sites for hydroxylation is 1. The number of primary amides is 1. The van der Waals surface area contributed by atoms with Crippen LogP contribution in [-0.2, 0) is 0 Å². The molecular formula is C12H13BrN4O. The second-order valence-electron chi connectivity index (χ2n) is 4.04. The van der Waals surface area contributed by atoms with Gasteiger partial charge in [-0.05, 0) is 48.0 Å². The zero-order valence-electron chi connectivity index (χ0n) is 10.1. The van der Waals surface area contributed by atoms with E-state index in [2.05, 4.69) is 21.0 Å². The molecule has 2 aromatic rings. The lowest BCUT2D eigenvalue weighted by molar-refractivity contribution is 0.1000. The molecule has 0 radical (unpaired) electrons. The summed E-state index contributed by atoms with van der Waals surface area (Å²) in [5, 5.41) is 4.37. The highest BCUT2D eigenvalue weighted by atomic mass is 79.9. The topological polar surface area (TPSA) is 86.9 Å². The van der Waals surface area contributed by atoms with Crippen LogP contribution in [0.1, 0.15) is 21.7 Å². The minimum atomic E-state index is -0.527. The van der Waals surface area contributed by atoms with Gasteiger partial charge in [0.05, 0.1) is 27.1 Å². The number of nitrogen functional groups attached to an aromatic ring is 1. The molecule has 2 rings (SSSR count). The summed E-state index contributed by atoms with van der Waals surface area (Å²) in [5.74, 6) is -0.527. The Hall–Kier alpha value is -1.82. The Labute approximate surface area is 113 Å². The molecule has 0 aliphatic heterocycles. The van der Waals surface area contributed by atoms with Crippen molar-refractivity contribution < 1.29 is 4.79 Å². The molecule has 0 saturated heterocycles. The maximum atomic E-state index is 11.5. The van der Waals surface area contributed by atoms with Gasteiger partial charge >= 0.3 is 0 Å². The molecule has 18 heavy (non-hydrogen) atoms. The van der Waals surface area contributed by atoms with Crippen LogP contribution in [-0.4, -0.2) is 15.7 Å². The molecule has 1 aromatic heterocycles. The van der Waals surface area contributed by atoms with E-state index in [1.165, 1.54) is 0 Å². The predicted molar refractivity (Wildman–Crippen MR) is 73.7 cm³/mol. The standard InChI is InChI=1S/C12H13BrN4O/c1-6-11(13)7(2)17(16-6)10-4-3-8(14)5-9(10)12(15)18/h3-5H,14H2,1-2H3,(H2,15,18). The van der Waals surface area contributed by atoms with Gasteiger partial charge in [-0.3, -0.25) is 4.79 Å². The molecule has 0 bridgehead atoms. The van der Waals surface area contributed by atoms with Gasteiger partial charge in [0.15, 0.2) is 0 Å². The molecule has 94 valence electrons. The summed E-state index contributed by atoms with van der Waals surface area (Å²) in [6.07, 6.45) is 0. The fourth-order valence-electron chi connectivity index (χ4n) is 1.79. The van der Waals surface area contributed by atoms with Gasteiger partial charge in [0.25, 0.3) is 5.91 Å². The van der Waals surface area contributed by atoms with Crippen molar-refractivity contribution in [3.8, 4) is 5.69 Å². The molecule has 0 aliphatic carbocycles. The summed E-state index contributed by atoms with van der Waals surface area (Å²) >= 11 is 3.45. The third kappa shape index (κ3) is 1.99. The quantitative estimate of drug-likeness (QED) is 0.831. The van der Waals surface area contributed by atoms with Crippen molar-refractivity contribution in [1.82, 2.24) is 9.78 Å². The van der Waals surface area contributed by atoms with E-state index in [0.717, 1.165) is 15.9 Å². The van der Waals surface area contributed by atoms with Crippen LogP contribution >= 0.6 is 15.9 Å². The van der Waals surface area contributed by atoms with E-state index in [0.29, 0.717) is 16.9 Å². The molecule has 5 nitrogen and oxygen atoms in total. The molecule has 0 unspecified atom stereocenters. The molecule has 0 saturated carbocycles. The fourth-order valence-corrected chi connectivity index (χ4v) is 2.04. The van der Waals surface area contributed by atoms with Crippen molar-refractivity contribution in [3.63, 3.8) is 0 Å². The average Bonchev–Trinajstić information content (AvgIpc) is 2.57. The van der Waals surface area contributed by atoms with E-state index in [9.17, 15) is 4.79 Å². The van der Waals surface area contributed by atoms with Crippen molar-refractivity contribution in [1.29, 1.82) is 0 Å². The summed E-state index contributed by atoms with van der Waals surface area (Å²) in [5.41, 5.74) is 14.3. The normalized spacial score (nSPS) is 10.6. The molecule has 1 aromatic carbocycles. The number of amides is 1. The third-order valence-corrected chi connectivity index (χ3v) is 3.86. The smallest absolute Gasteiger partial charge is 0.250 e. The molecule has 0 spiro atoms. The summed E-state index contributed by atoms with van der Waals surface area (Å²) in [6.45, 7) is 3.79. The van der Waals surface area contributed by atoms with Crippen LogP contribution in [0, 0.1) is 13.8 Å². The molecule has 4 N–H and O–H groups in total. The maximum Gasteiger partial charge on any atom is 0.250 e. The van der Waals surface area contributed by atoms with Crippen LogP contribution in [0.15, 0.2) is 22.7 Å². The van der Waals surface area contributed by atoms with E-state index in [1.807, 2.05) is 13.8 Å². The summed E-state index contributed by atoms with van der Waals surface area (Å²) in [7, 11) is 0. The lowest BCUT2D eigenvalue weighted by Crippen LogP contribution is -2.16. The average molecular weight is 309 g/mol. The molecule has 1 amide bonds. The molecular weight excluding hydrogens is 296 g/mol. The van der Waals surface area contributed by atoms with Gasteiger partial charge in [0.2, 0.25) is 0 Å². The van der Waals surface area contributed by atoms with Gasteiger partial charge in [-0.15, -0.1) is 0 Å². The van der Waals surface area contributed by atoms with E-state index in [1.54, 1.807) is 22.9 Å². The minimum absolute atomic E-state index is 0.355. The number of rotatable bonds is 2. The Morgan fingerprint density at radius 2 is 2.06 bits per heavy atom. The number of benzene rings is 1. The predicted octanol–water partition coefficient (Wildman–Crippen LogP) is 1.93. The SMILES string of the molecule is Cc1nn(-c2ccc(N)cc2C(N)=O)c(C)c1Br. The first kappa shape index (κ1) is 12.6. The first-order valence-corrected chi connectivity index (χ1v) is 6.12. The second-order valence-corrected chi connectivity index (χ2v) is 4.83. The fraction of sp³-hybridized carbons (Fsp3) is 0.167. The minimum Gasteiger partial charge on any atom is -0.399 e. The molecule has 1 heterocycles. The Bertz CT molecular complexity index is 633. The molecule has 6 heteroatoms. The number of carbonyl (C=O) groups is 1. The van der Waals surface area contributed by atoms with Gasteiger partial charge in [-0.25, -0.2) is 4.68 Å². The highest BCUT2D eigenvalue weighted by Crippen LogP contribution is 2.25. The van der Waals surface area contributed by atoms with Crippen LogP contribution in [0.2, 0.25) is 0 Å². The van der Waals surface area contributed by atoms with Gasteiger partial charge in [0.1, 0.15) is 0 Å². The van der Waals surface area contributed by atoms with Crippen LogP contribution in [0.3, 0.4) is 0 Å². The first-order chi connectivity index (χ1) is 8.41. The van der Waals surface area contributed by atoms with Gasteiger partial charge in [-0.2, -0.15) is 5.10 Å². The number of nitrogens with zero attached hydrogens (tertiary/aromatic N) is 2. The summed E-state index contributed by atoms with van der Waals surface area (Å²) in [6, 6.07) is 5.01. The highest BCUT2D eigenvalue weighted by Gasteiger charge is 2.16. The van der Waals surface area contributed by atoms with Crippen molar-refractivity contribution >= 4 is 27.5 Å². The first-order valence-electron chi connectivity index (χ1n) is 5.33. The van der Waals surface area contributed by atoms with Crippen molar-refractivity contribution in [2.24, 2.45) is 5.73 Å². The van der Waals surface area contributed by atoms with Crippen LogP contribution in [0.4, 0.5) is 5.69 Å². The van der Waals surface area contributed by atoms with Crippen LogP contribution < -0.4 is 11.5 Å². The lowest BCUT2D eigenvalue weighted by atomic mass is 10.1. The zero-order valence-corrected chi connectivity index (χ0v) is 11.7. The Morgan fingerprint density at radius 1 is 1.39 bits per heavy atom. The number of aromatic nitrogens is 2. The number of carbonyl (C=O) groups excluding carboxylic acids is 1. The van der Waals surface area contributed by atoms with Gasteiger partial charge in [0, 0.05) is 5.69 Å². The lowest BCUT2D eigenvalue weighted by Gasteiger charge is -2.09. The summed E-state index contributed by atoms with van der Waals surface area (Å²) < 4.78 is 2.59. The van der Waals surface area contributed by atoms with E-state index < -0.39 is 5.91 Å². The monoisotopic (exact) mass is 308 g/mol. The van der Waals surface area contributed by atoms with E-state index in [4.69, 9.17) is 11.5 Å². The van der Waals surface area contributed by atoms with Gasteiger partial charge in [-0.1, -0.05) is 0 Å². The number of anilines is 1. The number of nitrogens with two attached hydrogens (primary N) is 2. The van der Waals surface area contributed by atoms with Gasteiger partial charge < -0.3 is 11.5 Å². The second kappa shape index (κ2) is 4.45. The zero-order chi connectivity index (χ0) is 13.4.